The highest BCUT2D eigenvalue weighted by Gasteiger charge is 2.28. The molecule has 104 valence electrons. The molecule has 1 saturated carbocycles. The van der Waals surface area contributed by atoms with Crippen LogP contribution in [0, 0.1) is 5.92 Å². The molecule has 1 aliphatic rings. The van der Waals surface area contributed by atoms with Crippen molar-refractivity contribution in [2.24, 2.45) is 5.92 Å². The molecule has 0 N–H and O–H groups in total. The molecule has 1 amide bonds. The molecule has 2 atom stereocenters. The van der Waals surface area contributed by atoms with E-state index in [0.717, 1.165) is 10.9 Å². The molecule has 1 fully saturated rings. The maximum Gasteiger partial charge on any atom is 0.253 e. The van der Waals surface area contributed by atoms with Gasteiger partial charge in [0.15, 0.2) is 0 Å². The molecule has 1 aromatic rings. The minimum Gasteiger partial charge on any atom is -0.338 e. The van der Waals surface area contributed by atoms with E-state index >= 15 is 0 Å². The highest BCUT2D eigenvalue weighted by molar-refractivity contribution is 9.10. The number of carbonyl (C=O) groups is 1. The highest BCUT2D eigenvalue weighted by atomic mass is 79.9. The predicted octanol–water partition coefficient (Wildman–Crippen LogP) is 4.75. The molecule has 19 heavy (non-hydrogen) atoms. The van der Waals surface area contributed by atoms with Gasteiger partial charge in [-0.15, -0.1) is 0 Å². The number of carbonyl (C=O) groups excluding carboxylic acids is 1. The minimum atomic E-state index is 0.0631. The van der Waals surface area contributed by atoms with E-state index in [1.54, 1.807) is 6.07 Å². The Hall–Kier alpha value is -0.540. The van der Waals surface area contributed by atoms with Crippen LogP contribution in [0.25, 0.3) is 0 Å². The topological polar surface area (TPSA) is 20.3 Å². The Kier molecular flexibility index (Phi) is 4.91. The third-order valence-corrected chi connectivity index (χ3v) is 5.28. The summed E-state index contributed by atoms with van der Waals surface area (Å²) < 4.78 is 0.819. The van der Waals surface area contributed by atoms with Gasteiger partial charge in [-0.3, -0.25) is 4.79 Å². The molecule has 2 unspecified atom stereocenters. The summed E-state index contributed by atoms with van der Waals surface area (Å²) >= 11 is 9.40. The average molecular weight is 345 g/mol. The second-order valence-electron chi connectivity index (χ2n) is 5.37. The van der Waals surface area contributed by atoms with Gasteiger partial charge in [0.25, 0.3) is 5.91 Å². The molecule has 0 spiro atoms. The number of benzene rings is 1. The van der Waals surface area contributed by atoms with Crippen molar-refractivity contribution < 1.29 is 4.79 Å². The van der Waals surface area contributed by atoms with Crippen LogP contribution in [0.15, 0.2) is 22.7 Å². The Labute approximate surface area is 128 Å². The zero-order valence-electron chi connectivity index (χ0n) is 11.3. The van der Waals surface area contributed by atoms with Crippen molar-refractivity contribution >= 4 is 33.4 Å². The number of amides is 1. The van der Waals surface area contributed by atoms with E-state index in [2.05, 4.69) is 22.9 Å². The largest absolute Gasteiger partial charge is 0.338 e. The zero-order valence-corrected chi connectivity index (χ0v) is 13.7. The van der Waals surface area contributed by atoms with Gasteiger partial charge in [-0.1, -0.05) is 31.4 Å². The maximum atomic E-state index is 12.5. The molecular formula is C15H19BrClNO. The quantitative estimate of drug-likeness (QED) is 0.758. The van der Waals surface area contributed by atoms with Gasteiger partial charge >= 0.3 is 0 Å². The summed E-state index contributed by atoms with van der Waals surface area (Å²) in [6, 6.07) is 5.73. The van der Waals surface area contributed by atoms with Crippen molar-refractivity contribution in [3.63, 3.8) is 0 Å². The third-order valence-electron chi connectivity index (χ3n) is 4.05. The Morgan fingerprint density at radius 3 is 2.68 bits per heavy atom. The molecule has 0 aliphatic heterocycles. The van der Waals surface area contributed by atoms with Gasteiger partial charge in [-0.05, 0) is 52.9 Å². The first-order valence-corrected chi connectivity index (χ1v) is 7.90. The monoisotopic (exact) mass is 343 g/mol. The molecule has 0 saturated heterocycles. The number of hydrogen-bond donors (Lipinski definition) is 0. The van der Waals surface area contributed by atoms with Crippen LogP contribution in [-0.2, 0) is 0 Å². The number of hydrogen-bond acceptors (Lipinski definition) is 1. The maximum absolute atomic E-state index is 12.5. The fourth-order valence-electron chi connectivity index (χ4n) is 2.86. The van der Waals surface area contributed by atoms with Gasteiger partial charge in [0.05, 0.1) is 5.02 Å². The van der Waals surface area contributed by atoms with Crippen LogP contribution < -0.4 is 0 Å². The van der Waals surface area contributed by atoms with Crippen molar-refractivity contribution in [2.45, 2.75) is 38.6 Å². The molecule has 0 aromatic heterocycles. The van der Waals surface area contributed by atoms with Crippen LogP contribution in [0.4, 0.5) is 0 Å². The average Bonchev–Trinajstić information content (AvgIpc) is 2.41. The van der Waals surface area contributed by atoms with Crippen LogP contribution in [0.5, 0.6) is 0 Å². The molecule has 2 rings (SSSR count). The van der Waals surface area contributed by atoms with Crippen LogP contribution in [0.3, 0.4) is 0 Å². The fraction of sp³-hybridized carbons (Fsp3) is 0.533. The van der Waals surface area contributed by atoms with Crippen molar-refractivity contribution in [3.8, 4) is 0 Å². The van der Waals surface area contributed by atoms with Gasteiger partial charge < -0.3 is 4.90 Å². The molecule has 1 aromatic carbocycles. The van der Waals surface area contributed by atoms with Crippen LogP contribution >= 0.6 is 27.5 Å². The SMILES string of the molecule is CC1CCCCC1N(C)C(=O)c1ccc(Br)c(Cl)c1. The summed E-state index contributed by atoms with van der Waals surface area (Å²) in [5.41, 5.74) is 0.661. The number of halogens is 2. The lowest BCUT2D eigenvalue weighted by molar-refractivity contribution is 0.0629. The van der Waals surface area contributed by atoms with E-state index in [9.17, 15) is 4.79 Å². The lowest BCUT2D eigenvalue weighted by atomic mass is 9.85. The van der Waals surface area contributed by atoms with Crippen molar-refractivity contribution in [1.29, 1.82) is 0 Å². The molecule has 0 radical (unpaired) electrons. The van der Waals surface area contributed by atoms with E-state index < -0.39 is 0 Å². The van der Waals surface area contributed by atoms with E-state index in [-0.39, 0.29) is 5.91 Å². The Balaban J connectivity index is 2.15. The first-order valence-electron chi connectivity index (χ1n) is 6.73. The third kappa shape index (κ3) is 3.32. The fourth-order valence-corrected chi connectivity index (χ4v) is 3.28. The summed E-state index contributed by atoms with van der Waals surface area (Å²) in [6.07, 6.45) is 4.81. The predicted molar refractivity (Wildman–Crippen MR) is 82.7 cm³/mol. The molecule has 1 aliphatic carbocycles. The second-order valence-corrected chi connectivity index (χ2v) is 6.64. The van der Waals surface area contributed by atoms with Crippen molar-refractivity contribution in [3.05, 3.63) is 33.3 Å². The van der Waals surface area contributed by atoms with Crippen LogP contribution in [0.1, 0.15) is 43.0 Å². The van der Waals surface area contributed by atoms with Crippen LogP contribution in [0.2, 0.25) is 5.02 Å². The summed E-state index contributed by atoms with van der Waals surface area (Å²) in [7, 11) is 1.91. The van der Waals surface area contributed by atoms with Crippen molar-refractivity contribution in [1.82, 2.24) is 4.90 Å². The van der Waals surface area contributed by atoms with Gasteiger partial charge in [0.1, 0.15) is 0 Å². The summed E-state index contributed by atoms with van der Waals surface area (Å²) in [5, 5.41) is 0.580. The summed E-state index contributed by atoms with van der Waals surface area (Å²) in [4.78, 5) is 14.4. The summed E-state index contributed by atoms with van der Waals surface area (Å²) in [6.45, 7) is 2.24. The lowest BCUT2D eigenvalue weighted by Crippen LogP contribution is -2.42. The molecule has 2 nitrogen and oxygen atoms in total. The van der Waals surface area contributed by atoms with Crippen molar-refractivity contribution in [2.75, 3.05) is 7.05 Å². The van der Waals surface area contributed by atoms with Crippen LogP contribution in [-0.4, -0.2) is 23.9 Å². The number of nitrogens with zero attached hydrogens (tertiary/aromatic N) is 1. The Morgan fingerprint density at radius 1 is 1.37 bits per heavy atom. The lowest BCUT2D eigenvalue weighted by Gasteiger charge is -2.36. The first-order chi connectivity index (χ1) is 9.00. The van der Waals surface area contributed by atoms with E-state index in [0.29, 0.717) is 22.5 Å². The Morgan fingerprint density at radius 2 is 2.05 bits per heavy atom. The first kappa shape index (κ1) is 14.9. The van der Waals surface area contributed by atoms with E-state index in [4.69, 9.17) is 11.6 Å². The van der Waals surface area contributed by atoms with Gasteiger partial charge in [-0.25, -0.2) is 0 Å². The smallest absolute Gasteiger partial charge is 0.253 e. The molecule has 0 heterocycles. The molecule has 0 bridgehead atoms. The standard InChI is InChI=1S/C15H19BrClNO/c1-10-5-3-4-6-14(10)18(2)15(19)11-7-8-12(16)13(17)9-11/h7-10,14H,3-6H2,1-2H3. The normalized spacial score (nSPS) is 23.2. The number of rotatable bonds is 2. The van der Waals surface area contributed by atoms with E-state index in [1.807, 2.05) is 24.1 Å². The van der Waals surface area contributed by atoms with Gasteiger partial charge in [0, 0.05) is 23.1 Å². The van der Waals surface area contributed by atoms with Gasteiger partial charge in [-0.2, -0.15) is 0 Å². The minimum absolute atomic E-state index is 0.0631. The molecule has 4 heteroatoms. The molecular weight excluding hydrogens is 326 g/mol. The van der Waals surface area contributed by atoms with E-state index in [1.165, 1.54) is 19.3 Å². The van der Waals surface area contributed by atoms with Gasteiger partial charge in [0.2, 0.25) is 0 Å². The summed E-state index contributed by atoms with van der Waals surface area (Å²) in [5.74, 6) is 0.641. The Bertz CT molecular complexity index is 477. The zero-order chi connectivity index (χ0) is 14.0. The second kappa shape index (κ2) is 6.27. The highest BCUT2D eigenvalue weighted by Crippen LogP contribution is 2.29.